The average molecular weight is 392 g/mol. The molecule has 148 valence electrons. The van der Waals surface area contributed by atoms with Crippen LogP contribution < -0.4 is 28.9 Å². The van der Waals surface area contributed by atoms with E-state index in [1.54, 1.807) is 0 Å². The summed E-state index contributed by atoms with van der Waals surface area (Å²) in [5, 5.41) is 1.14. The molecule has 0 aromatic heterocycles. The molecule has 0 amide bonds. The molecule has 0 spiro atoms. The Kier molecular flexibility index (Phi) is 9.49. The fourth-order valence-electron chi connectivity index (χ4n) is 2.92. The van der Waals surface area contributed by atoms with Gasteiger partial charge in [-0.1, -0.05) is 58.9 Å². The van der Waals surface area contributed by atoms with E-state index in [4.69, 9.17) is 4.74 Å². The second-order valence-corrected chi connectivity index (χ2v) is 9.95. The van der Waals surface area contributed by atoms with Crippen LogP contribution in [-0.2, 0) is 5.41 Å². The van der Waals surface area contributed by atoms with E-state index in [1.807, 2.05) is 12.1 Å². The Morgan fingerprint density at radius 1 is 1.07 bits per heavy atom. The van der Waals surface area contributed by atoms with Gasteiger partial charge in [0.2, 0.25) is 0 Å². The molecule has 0 fully saturated rings. The Balaban J connectivity index is 0.00000392. The summed E-state index contributed by atoms with van der Waals surface area (Å²) in [6.45, 7) is 15.8. The molecule has 0 aliphatic rings. The minimum Gasteiger partial charge on any atom is -1.00 e. The molecule has 2 rings (SSSR count). The summed E-state index contributed by atoms with van der Waals surface area (Å²) in [7, 11) is 0.137. The average Bonchev–Trinajstić information content (AvgIpc) is 2.57. The molecule has 0 heterocycles. The van der Waals surface area contributed by atoms with Crippen LogP contribution in [0.4, 0.5) is 0 Å². The predicted molar refractivity (Wildman–Crippen MR) is 119 cm³/mol. The molecule has 2 aromatic rings. The van der Waals surface area contributed by atoms with Crippen LogP contribution in [-0.4, -0.2) is 12.1 Å². The van der Waals surface area contributed by atoms with E-state index >= 15 is 0 Å². The van der Waals surface area contributed by atoms with Gasteiger partial charge in [0.15, 0.2) is 5.52 Å². The molecule has 0 bridgehead atoms. The minimum atomic E-state index is 0. The first-order valence-corrected chi connectivity index (χ1v) is 10.7. The number of rotatable bonds is 7. The van der Waals surface area contributed by atoms with E-state index < -0.39 is 0 Å². The van der Waals surface area contributed by atoms with Gasteiger partial charge in [0, 0.05) is 5.56 Å². The van der Waals surface area contributed by atoms with Crippen molar-refractivity contribution in [3.63, 3.8) is 0 Å². The van der Waals surface area contributed by atoms with Gasteiger partial charge in [-0.3, -0.25) is 4.79 Å². The molecule has 1 atom stereocenters. The van der Waals surface area contributed by atoms with E-state index in [0.717, 1.165) is 40.8 Å². The quantitative estimate of drug-likeness (QED) is 0.534. The van der Waals surface area contributed by atoms with Crippen LogP contribution in [0.5, 0.6) is 5.75 Å². The van der Waals surface area contributed by atoms with Gasteiger partial charge in [-0.05, 0) is 74.3 Å². The monoisotopic (exact) mass is 392 g/mol. The van der Waals surface area contributed by atoms with Crippen molar-refractivity contribution in [3.05, 3.63) is 58.7 Å². The van der Waals surface area contributed by atoms with Gasteiger partial charge in [-0.25, -0.2) is 0 Å². The van der Waals surface area contributed by atoms with Gasteiger partial charge < -0.3 is 6.16 Å². The summed E-state index contributed by atoms with van der Waals surface area (Å²) >= 11 is 0. The Hall–Kier alpha value is -1.06. The third-order valence-corrected chi connectivity index (χ3v) is 6.28. The van der Waals surface area contributed by atoms with Gasteiger partial charge in [0.25, 0.3) is 0 Å². The Bertz CT molecular complexity index is 773. The summed E-state index contributed by atoms with van der Waals surface area (Å²) in [5.41, 5.74) is 4.59. The van der Waals surface area contributed by atoms with Crippen LogP contribution >= 0.6 is 8.58 Å². The van der Waals surface area contributed by atoms with Crippen molar-refractivity contribution < 1.29 is 29.8 Å². The molecule has 1 unspecified atom stereocenters. The maximum atomic E-state index is 12.8. The Labute approximate surface area is 186 Å². The first-order chi connectivity index (χ1) is 12.6. The van der Waals surface area contributed by atoms with Crippen LogP contribution in [0.15, 0.2) is 36.4 Å². The number of ether oxygens (including phenoxy) is 1. The second kappa shape index (κ2) is 10.6. The van der Waals surface area contributed by atoms with Gasteiger partial charge in [0.1, 0.15) is 5.75 Å². The molecule has 0 aliphatic carbocycles. The molecule has 2 aromatic carbocycles. The molecule has 0 saturated heterocycles. The number of aryl methyl sites for hydroxylation is 2. The van der Waals surface area contributed by atoms with E-state index in [1.165, 1.54) is 5.56 Å². The largest absolute Gasteiger partial charge is 1.00 e. The molecule has 0 radical (unpaired) electrons. The van der Waals surface area contributed by atoms with Crippen LogP contribution in [0.25, 0.3) is 0 Å². The van der Waals surface area contributed by atoms with E-state index in [-0.39, 0.29) is 39.8 Å². The maximum absolute atomic E-state index is 12.8. The Morgan fingerprint density at radius 2 is 1.61 bits per heavy atom. The van der Waals surface area contributed by atoms with E-state index in [2.05, 4.69) is 72.7 Å². The number of hydrogen-bond donors (Lipinski definition) is 0. The maximum Gasteiger partial charge on any atom is 1.00 e. The van der Waals surface area contributed by atoms with Gasteiger partial charge >= 0.3 is 18.9 Å². The van der Waals surface area contributed by atoms with Crippen molar-refractivity contribution in [1.29, 1.82) is 0 Å². The number of benzene rings is 2. The van der Waals surface area contributed by atoms with Crippen molar-refractivity contribution >= 4 is 19.4 Å². The Morgan fingerprint density at radius 3 is 2.07 bits per heavy atom. The summed E-state index contributed by atoms with van der Waals surface area (Å²) in [6.07, 6.45) is 1.05. The van der Waals surface area contributed by atoms with Crippen molar-refractivity contribution in [2.75, 3.05) is 6.61 Å². The van der Waals surface area contributed by atoms with Gasteiger partial charge in [-0.15, -0.1) is 0 Å². The van der Waals surface area contributed by atoms with Crippen molar-refractivity contribution in [1.82, 2.24) is 0 Å². The number of carbonyl (C=O) groups is 1. The zero-order chi connectivity index (χ0) is 20.2. The molecule has 0 saturated carbocycles. The zero-order valence-electron chi connectivity index (χ0n) is 19.8. The summed E-state index contributed by atoms with van der Waals surface area (Å²) in [4.78, 5) is 12.8. The SMILES string of the molecule is Cc1cc(OCCC(C)C)cc(C)c1PC(=O)c1ccc(C(C)(C)C)cc1.[H-].[Li+]. The van der Waals surface area contributed by atoms with Crippen LogP contribution in [0.3, 0.4) is 0 Å². The molecule has 2 nitrogen and oxygen atoms in total. The van der Waals surface area contributed by atoms with Gasteiger partial charge in [0.05, 0.1) is 6.61 Å². The zero-order valence-corrected chi connectivity index (χ0v) is 19.8. The van der Waals surface area contributed by atoms with Crippen LogP contribution in [0.1, 0.15) is 69.5 Å². The first kappa shape index (κ1) is 25.0. The van der Waals surface area contributed by atoms with Crippen molar-refractivity contribution in [2.24, 2.45) is 5.92 Å². The second-order valence-electron chi connectivity index (χ2n) is 8.74. The summed E-state index contributed by atoms with van der Waals surface area (Å²) in [6, 6.07) is 12.2. The van der Waals surface area contributed by atoms with Crippen LogP contribution in [0.2, 0.25) is 0 Å². The fraction of sp³-hybridized carbons (Fsp3) is 0.458. The molecular weight excluding hydrogens is 358 g/mol. The third-order valence-electron chi connectivity index (χ3n) is 4.72. The summed E-state index contributed by atoms with van der Waals surface area (Å²) in [5.74, 6) is 1.54. The van der Waals surface area contributed by atoms with E-state index in [0.29, 0.717) is 5.92 Å². The first-order valence-electron chi connectivity index (χ1n) is 9.74. The molecule has 0 aliphatic heterocycles. The van der Waals surface area contributed by atoms with Crippen molar-refractivity contribution in [2.45, 2.75) is 60.3 Å². The number of carbonyl (C=O) groups excluding carboxylic acids is 1. The molecule has 0 N–H and O–H groups in total. The smallest absolute Gasteiger partial charge is 1.00 e. The fourth-order valence-corrected chi connectivity index (χ4v) is 4.00. The standard InChI is InChI=1S/C24H33O2P.Li.H/c1-16(2)12-13-26-21-14-17(3)22(18(4)15-21)27-23(25)19-8-10-20(11-9-19)24(5,6)7;;/h8-11,14-16,27H,12-13H2,1-7H3;;/q;+1;-1. The van der Waals surface area contributed by atoms with E-state index in [9.17, 15) is 4.79 Å². The van der Waals surface area contributed by atoms with Gasteiger partial charge in [-0.2, -0.15) is 0 Å². The predicted octanol–water partition coefficient (Wildman–Crippen LogP) is 3.29. The molecule has 28 heavy (non-hydrogen) atoms. The topological polar surface area (TPSA) is 26.3 Å². The number of hydrogen-bond acceptors (Lipinski definition) is 2. The third kappa shape index (κ3) is 7.08. The van der Waals surface area contributed by atoms with Crippen LogP contribution in [0, 0.1) is 19.8 Å². The minimum absolute atomic E-state index is 0. The normalized spacial score (nSPS) is 11.7. The van der Waals surface area contributed by atoms with Crippen molar-refractivity contribution in [3.8, 4) is 5.75 Å². The molecule has 4 heteroatoms. The summed E-state index contributed by atoms with van der Waals surface area (Å²) < 4.78 is 5.89. The molecular formula is C24H34LiO2P.